The highest BCUT2D eigenvalue weighted by Gasteiger charge is 2.10. The zero-order valence-corrected chi connectivity index (χ0v) is 23.9. The molecule has 1 unspecified atom stereocenters. The number of rotatable bonds is 17. The van der Waals surface area contributed by atoms with E-state index in [2.05, 4.69) is 32.9 Å². The predicted octanol–water partition coefficient (Wildman–Crippen LogP) is 10.2. The maximum Gasteiger partial charge on any atom is 0.343 e. The van der Waals surface area contributed by atoms with Crippen molar-refractivity contribution in [3.8, 4) is 28.4 Å². The van der Waals surface area contributed by atoms with Crippen LogP contribution >= 0.6 is 0 Å². The van der Waals surface area contributed by atoms with E-state index >= 15 is 0 Å². The maximum atomic E-state index is 12.6. The van der Waals surface area contributed by atoms with Gasteiger partial charge in [0.2, 0.25) is 0 Å². The number of benzene rings is 3. The second-order valence-corrected chi connectivity index (χ2v) is 10.1. The van der Waals surface area contributed by atoms with Crippen molar-refractivity contribution in [2.75, 3.05) is 0 Å². The average Bonchev–Trinajstić information content (AvgIpc) is 2.96. The van der Waals surface area contributed by atoms with Crippen molar-refractivity contribution in [2.24, 2.45) is 0 Å². The van der Waals surface area contributed by atoms with E-state index in [9.17, 15) is 4.79 Å². The van der Waals surface area contributed by atoms with Gasteiger partial charge in [0, 0.05) is 0 Å². The van der Waals surface area contributed by atoms with Gasteiger partial charge in [-0.05, 0) is 98.3 Å². The molecule has 0 spiro atoms. The summed E-state index contributed by atoms with van der Waals surface area (Å²) in [5.74, 6) is 1.69. The Bertz CT molecular complexity index is 1110. The summed E-state index contributed by atoms with van der Waals surface area (Å²) in [5, 5.41) is 0. The number of carbonyl (C=O) groups is 1. The molecule has 0 fully saturated rings. The molecule has 0 aliphatic heterocycles. The molecule has 0 aliphatic rings. The molecule has 208 valence electrons. The van der Waals surface area contributed by atoms with E-state index in [1.807, 2.05) is 42.5 Å². The van der Waals surface area contributed by atoms with Gasteiger partial charge in [-0.2, -0.15) is 0 Å². The molecule has 39 heavy (non-hydrogen) atoms. The Kier molecular flexibility index (Phi) is 13.2. The maximum absolute atomic E-state index is 12.6. The lowest BCUT2D eigenvalue weighted by atomic mass is 10.1. The minimum absolute atomic E-state index is 0.215. The first kappa shape index (κ1) is 30.0. The minimum Gasteiger partial charge on any atom is -0.491 e. The number of ether oxygens (including phenoxy) is 3. The quantitative estimate of drug-likeness (QED) is 0.0756. The van der Waals surface area contributed by atoms with Crippen LogP contribution in [0, 0.1) is 0 Å². The van der Waals surface area contributed by atoms with E-state index in [1.165, 1.54) is 51.4 Å². The van der Waals surface area contributed by atoms with Crippen LogP contribution in [0.3, 0.4) is 0 Å². The third-order valence-electron chi connectivity index (χ3n) is 6.67. The van der Waals surface area contributed by atoms with Crippen LogP contribution in [0.25, 0.3) is 11.1 Å². The molecule has 3 rings (SSSR count). The van der Waals surface area contributed by atoms with Crippen LogP contribution in [-0.2, 0) is 0 Å². The number of carbonyl (C=O) groups excluding carboxylic acids is 1. The van der Waals surface area contributed by atoms with Crippen LogP contribution in [0.1, 0.15) is 95.3 Å². The van der Waals surface area contributed by atoms with Gasteiger partial charge in [0.25, 0.3) is 0 Å². The third-order valence-corrected chi connectivity index (χ3v) is 6.67. The summed E-state index contributed by atoms with van der Waals surface area (Å²) in [6.07, 6.45) is 16.0. The predicted molar refractivity (Wildman–Crippen MR) is 161 cm³/mol. The summed E-state index contributed by atoms with van der Waals surface area (Å²) in [6, 6.07) is 22.7. The molecule has 0 saturated carbocycles. The molecule has 3 aromatic carbocycles. The second-order valence-electron chi connectivity index (χ2n) is 10.1. The summed E-state index contributed by atoms with van der Waals surface area (Å²) >= 11 is 0. The summed E-state index contributed by atoms with van der Waals surface area (Å²) in [4.78, 5) is 12.6. The lowest BCUT2D eigenvalue weighted by Gasteiger charge is -2.15. The molecule has 4 nitrogen and oxygen atoms in total. The van der Waals surface area contributed by atoms with E-state index in [0.717, 1.165) is 29.7 Å². The van der Waals surface area contributed by atoms with Crippen molar-refractivity contribution in [3.63, 3.8) is 0 Å². The summed E-state index contributed by atoms with van der Waals surface area (Å²) in [5.41, 5.74) is 2.61. The highest BCUT2D eigenvalue weighted by molar-refractivity contribution is 5.91. The van der Waals surface area contributed by atoms with Gasteiger partial charge >= 0.3 is 5.97 Å². The third kappa shape index (κ3) is 11.0. The number of allylic oxidation sites excluding steroid dienone is 1. The molecule has 0 bridgehead atoms. The highest BCUT2D eigenvalue weighted by Crippen LogP contribution is 2.26. The minimum atomic E-state index is -0.397. The Morgan fingerprint density at radius 2 is 1.26 bits per heavy atom. The van der Waals surface area contributed by atoms with E-state index in [-0.39, 0.29) is 6.10 Å². The topological polar surface area (TPSA) is 44.8 Å². The van der Waals surface area contributed by atoms with Gasteiger partial charge < -0.3 is 14.2 Å². The highest BCUT2D eigenvalue weighted by atomic mass is 16.5. The lowest BCUT2D eigenvalue weighted by Crippen LogP contribution is -2.11. The van der Waals surface area contributed by atoms with Crippen molar-refractivity contribution >= 4 is 5.97 Å². The van der Waals surface area contributed by atoms with Crippen LogP contribution in [-0.4, -0.2) is 12.1 Å². The van der Waals surface area contributed by atoms with Gasteiger partial charge in [0.05, 0.1) is 17.9 Å². The van der Waals surface area contributed by atoms with Gasteiger partial charge in [-0.25, -0.2) is 4.79 Å². The number of hydrogen-bond donors (Lipinski definition) is 0. The lowest BCUT2D eigenvalue weighted by molar-refractivity contribution is 0.0734. The zero-order chi connectivity index (χ0) is 27.7. The van der Waals surface area contributed by atoms with Gasteiger partial charge in [0.1, 0.15) is 17.2 Å². The first-order valence-electron chi connectivity index (χ1n) is 14.6. The smallest absolute Gasteiger partial charge is 0.343 e. The fraction of sp³-hybridized carbons (Fsp3) is 0.400. The van der Waals surface area contributed by atoms with Crippen molar-refractivity contribution in [1.82, 2.24) is 0 Å². The van der Waals surface area contributed by atoms with Gasteiger partial charge in [-0.15, -0.1) is 0 Å². The SMILES string of the molecule is CCCCCCC=COc1ccc(C(=O)Oc2ccc(-c3ccc(OC(C)CCCCCC)cc3)cc2)cc1. The molecule has 0 heterocycles. The molecule has 0 amide bonds. The largest absolute Gasteiger partial charge is 0.491 e. The molecule has 0 aromatic heterocycles. The number of hydrogen-bond acceptors (Lipinski definition) is 4. The molecule has 3 aromatic rings. The van der Waals surface area contributed by atoms with Crippen LogP contribution in [0.4, 0.5) is 0 Å². The molecule has 0 N–H and O–H groups in total. The molecule has 0 aliphatic carbocycles. The van der Waals surface area contributed by atoms with E-state index in [0.29, 0.717) is 17.1 Å². The average molecular weight is 529 g/mol. The Morgan fingerprint density at radius 1 is 0.692 bits per heavy atom. The van der Waals surface area contributed by atoms with Crippen molar-refractivity contribution in [3.05, 3.63) is 90.7 Å². The molecular weight excluding hydrogens is 484 g/mol. The number of unbranched alkanes of at least 4 members (excludes halogenated alkanes) is 7. The van der Waals surface area contributed by atoms with Crippen molar-refractivity contribution in [2.45, 2.75) is 91.1 Å². The molecule has 0 radical (unpaired) electrons. The molecular formula is C35H44O4. The monoisotopic (exact) mass is 528 g/mol. The first-order chi connectivity index (χ1) is 19.1. The van der Waals surface area contributed by atoms with E-state index in [1.54, 1.807) is 30.5 Å². The fourth-order valence-electron chi connectivity index (χ4n) is 4.31. The van der Waals surface area contributed by atoms with Crippen molar-refractivity contribution < 1.29 is 19.0 Å². The summed E-state index contributed by atoms with van der Waals surface area (Å²) in [6.45, 7) is 6.58. The van der Waals surface area contributed by atoms with Crippen LogP contribution < -0.4 is 14.2 Å². The molecule has 4 heteroatoms. The Hall–Kier alpha value is -3.53. The van der Waals surface area contributed by atoms with Crippen molar-refractivity contribution in [1.29, 1.82) is 0 Å². The van der Waals surface area contributed by atoms with E-state index in [4.69, 9.17) is 14.2 Å². The summed E-state index contributed by atoms with van der Waals surface area (Å²) in [7, 11) is 0. The number of esters is 1. The second kappa shape index (κ2) is 17.1. The standard InChI is InChI=1S/C35H44O4/c1-4-6-8-10-11-13-27-37-32-21-19-31(20-22-32)35(36)39-34-25-17-30(18-26-34)29-15-23-33(24-16-29)38-28(3)14-12-9-7-5-2/h13,15-28H,4-12,14H2,1-3H3. The van der Waals surface area contributed by atoms with Crippen LogP contribution in [0.5, 0.6) is 17.2 Å². The molecule has 1 atom stereocenters. The molecule has 0 saturated heterocycles. The van der Waals surface area contributed by atoms with E-state index < -0.39 is 5.97 Å². The van der Waals surface area contributed by atoms with Gasteiger partial charge in [-0.1, -0.05) is 76.6 Å². The summed E-state index contributed by atoms with van der Waals surface area (Å²) < 4.78 is 17.3. The van der Waals surface area contributed by atoms with Gasteiger partial charge in [-0.3, -0.25) is 0 Å². The Labute approximate surface area is 235 Å². The van der Waals surface area contributed by atoms with Crippen LogP contribution in [0.2, 0.25) is 0 Å². The van der Waals surface area contributed by atoms with Gasteiger partial charge in [0.15, 0.2) is 0 Å². The van der Waals surface area contributed by atoms with Crippen LogP contribution in [0.15, 0.2) is 85.1 Å². The Morgan fingerprint density at radius 3 is 1.87 bits per heavy atom. The first-order valence-corrected chi connectivity index (χ1v) is 14.6. The normalized spacial score (nSPS) is 11.9. The fourth-order valence-corrected chi connectivity index (χ4v) is 4.31. The Balaban J connectivity index is 1.45. The zero-order valence-electron chi connectivity index (χ0n) is 23.9.